The molecule has 1 aliphatic carbocycles. The number of likely N-dealkylation sites (tertiary alicyclic amines) is 1. The summed E-state index contributed by atoms with van der Waals surface area (Å²) in [4.78, 5) is 2.54. The molecule has 0 spiro atoms. The molecule has 1 saturated heterocycles. The van der Waals surface area contributed by atoms with Crippen LogP contribution in [0.3, 0.4) is 0 Å². The van der Waals surface area contributed by atoms with E-state index in [0.717, 1.165) is 19.0 Å². The highest BCUT2D eigenvalue weighted by atomic mass is 35.5. The van der Waals surface area contributed by atoms with Crippen molar-refractivity contribution in [1.82, 2.24) is 4.90 Å². The molecule has 98 valence electrons. The lowest BCUT2D eigenvalue weighted by Crippen LogP contribution is -2.31. The zero-order valence-corrected chi connectivity index (χ0v) is 11.3. The molecule has 1 aromatic rings. The van der Waals surface area contributed by atoms with Gasteiger partial charge in [0.2, 0.25) is 0 Å². The summed E-state index contributed by atoms with van der Waals surface area (Å²) in [5, 5.41) is 3.48. The molecule has 3 rings (SSSR count). The van der Waals surface area contributed by atoms with E-state index in [1.165, 1.54) is 12.8 Å². The van der Waals surface area contributed by atoms with Crippen molar-refractivity contribution in [2.24, 2.45) is 0 Å². The fourth-order valence-corrected chi connectivity index (χ4v) is 3.09. The fourth-order valence-electron chi connectivity index (χ4n) is 2.91. The molecule has 2 unspecified atom stereocenters. The molecule has 2 aliphatic rings. The SMILES string of the molecule is CC1CC(Nc2cccc(Cl)c2F)CN1C1CC1. The molecule has 1 heterocycles. The summed E-state index contributed by atoms with van der Waals surface area (Å²) in [6, 6.07) is 6.81. The summed E-state index contributed by atoms with van der Waals surface area (Å²) in [6.45, 7) is 3.27. The first-order chi connectivity index (χ1) is 8.65. The summed E-state index contributed by atoms with van der Waals surface area (Å²) in [5.74, 6) is -0.336. The Morgan fingerprint density at radius 3 is 2.89 bits per heavy atom. The number of hydrogen-bond donors (Lipinski definition) is 1. The molecular formula is C14H18ClFN2. The minimum absolute atomic E-state index is 0.185. The van der Waals surface area contributed by atoms with E-state index >= 15 is 0 Å². The Morgan fingerprint density at radius 2 is 2.17 bits per heavy atom. The molecule has 18 heavy (non-hydrogen) atoms. The first-order valence-electron chi connectivity index (χ1n) is 6.61. The van der Waals surface area contributed by atoms with Crippen LogP contribution in [0.4, 0.5) is 10.1 Å². The normalized spacial score (nSPS) is 28.6. The van der Waals surface area contributed by atoms with E-state index in [-0.39, 0.29) is 10.8 Å². The summed E-state index contributed by atoms with van der Waals surface area (Å²) < 4.78 is 13.8. The minimum Gasteiger partial charge on any atom is -0.379 e. The number of anilines is 1. The number of nitrogens with zero attached hydrogens (tertiary/aromatic N) is 1. The van der Waals surface area contributed by atoms with Crippen LogP contribution in [0.2, 0.25) is 5.02 Å². The maximum Gasteiger partial charge on any atom is 0.164 e. The third-order valence-corrected chi connectivity index (χ3v) is 4.24. The van der Waals surface area contributed by atoms with Gasteiger partial charge in [0.05, 0.1) is 10.7 Å². The number of rotatable bonds is 3. The Kier molecular flexibility index (Phi) is 3.20. The summed E-state index contributed by atoms with van der Waals surface area (Å²) in [6.07, 6.45) is 3.72. The van der Waals surface area contributed by atoms with Crippen LogP contribution in [0.1, 0.15) is 26.2 Å². The maximum absolute atomic E-state index is 13.8. The highest BCUT2D eigenvalue weighted by Gasteiger charge is 2.38. The Hall–Kier alpha value is -0.800. The topological polar surface area (TPSA) is 15.3 Å². The van der Waals surface area contributed by atoms with E-state index in [1.807, 2.05) is 0 Å². The smallest absolute Gasteiger partial charge is 0.164 e. The lowest BCUT2D eigenvalue weighted by molar-refractivity contribution is 0.257. The second kappa shape index (κ2) is 4.71. The maximum atomic E-state index is 13.8. The van der Waals surface area contributed by atoms with Crippen LogP contribution in [0, 0.1) is 5.82 Å². The van der Waals surface area contributed by atoms with Crippen molar-refractivity contribution in [3.63, 3.8) is 0 Å². The highest BCUT2D eigenvalue weighted by Crippen LogP contribution is 2.34. The number of halogens is 2. The van der Waals surface area contributed by atoms with Gasteiger partial charge < -0.3 is 5.32 Å². The van der Waals surface area contributed by atoms with E-state index in [0.29, 0.717) is 17.8 Å². The fraction of sp³-hybridized carbons (Fsp3) is 0.571. The molecule has 1 saturated carbocycles. The Balaban J connectivity index is 1.68. The molecule has 2 atom stereocenters. The van der Waals surface area contributed by atoms with Gasteiger partial charge >= 0.3 is 0 Å². The number of benzene rings is 1. The van der Waals surface area contributed by atoms with Gasteiger partial charge in [-0.3, -0.25) is 4.90 Å². The van der Waals surface area contributed by atoms with Gasteiger partial charge in [-0.25, -0.2) is 4.39 Å². The van der Waals surface area contributed by atoms with Gasteiger partial charge in [-0.05, 0) is 38.3 Å². The van der Waals surface area contributed by atoms with Crippen molar-refractivity contribution >= 4 is 17.3 Å². The van der Waals surface area contributed by atoms with Crippen LogP contribution in [-0.2, 0) is 0 Å². The van der Waals surface area contributed by atoms with E-state index in [9.17, 15) is 4.39 Å². The third kappa shape index (κ3) is 2.34. The predicted molar refractivity (Wildman–Crippen MR) is 72.6 cm³/mol. The molecule has 0 aromatic heterocycles. The number of nitrogens with one attached hydrogen (secondary N) is 1. The largest absolute Gasteiger partial charge is 0.379 e. The first-order valence-corrected chi connectivity index (χ1v) is 6.99. The molecule has 2 fully saturated rings. The van der Waals surface area contributed by atoms with E-state index in [1.54, 1.807) is 18.2 Å². The number of hydrogen-bond acceptors (Lipinski definition) is 2. The lowest BCUT2D eigenvalue weighted by atomic mass is 10.2. The minimum atomic E-state index is -0.336. The third-order valence-electron chi connectivity index (χ3n) is 3.95. The van der Waals surface area contributed by atoms with Crippen molar-refractivity contribution in [3.05, 3.63) is 29.0 Å². The second-order valence-electron chi connectivity index (χ2n) is 5.46. The van der Waals surface area contributed by atoms with Crippen LogP contribution in [0.5, 0.6) is 0 Å². The Morgan fingerprint density at radius 1 is 1.39 bits per heavy atom. The standard InChI is InChI=1S/C14H18ClFN2/c1-9-7-10(8-18(9)11-5-6-11)17-13-4-2-3-12(15)14(13)16/h2-4,9-11,17H,5-8H2,1H3. The average Bonchev–Trinajstić information content (AvgIpc) is 3.10. The van der Waals surface area contributed by atoms with E-state index in [4.69, 9.17) is 11.6 Å². The van der Waals surface area contributed by atoms with Crippen molar-refractivity contribution in [3.8, 4) is 0 Å². The van der Waals surface area contributed by atoms with Crippen LogP contribution in [0.25, 0.3) is 0 Å². The Bertz CT molecular complexity index is 447. The summed E-state index contributed by atoms with van der Waals surface area (Å²) in [7, 11) is 0. The molecular weight excluding hydrogens is 251 g/mol. The van der Waals surface area contributed by atoms with Gasteiger partial charge in [-0.1, -0.05) is 17.7 Å². The van der Waals surface area contributed by atoms with Crippen molar-refractivity contribution < 1.29 is 4.39 Å². The second-order valence-corrected chi connectivity index (χ2v) is 5.86. The molecule has 2 nitrogen and oxygen atoms in total. The van der Waals surface area contributed by atoms with Crippen LogP contribution in [0.15, 0.2) is 18.2 Å². The van der Waals surface area contributed by atoms with Gasteiger partial charge in [0.15, 0.2) is 5.82 Å². The molecule has 1 aromatic carbocycles. The molecule has 0 bridgehead atoms. The van der Waals surface area contributed by atoms with E-state index in [2.05, 4.69) is 17.1 Å². The van der Waals surface area contributed by atoms with Crippen molar-refractivity contribution in [1.29, 1.82) is 0 Å². The monoisotopic (exact) mass is 268 g/mol. The average molecular weight is 269 g/mol. The van der Waals surface area contributed by atoms with Gasteiger partial charge in [0.1, 0.15) is 0 Å². The van der Waals surface area contributed by atoms with E-state index < -0.39 is 0 Å². The zero-order chi connectivity index (χ0) is 12.7. The predicted octanol–water partition coefficient (Wildman–Crippen LogP) is 3.52. The van der Waals surface area contributed by atoms with Crippen LogP contribution >= 0.6 is 11.6 Å². The van der Waals surface area contributed by atoms with Crippen molar-refractivity contribution in [2.45, 2.75) is 44.3 Å². The lowest BCUT2D eigenvalue weighted by Gasteiger charge is -2.20. The molecule has 1 aliphatic heterocycles. The summed E-state index contributed by atoms with van der Waals surface area (Å²) in [5.41, 5.74) is 0.525. The van der Waals surface area contributed by atoms with Crippen LogP contribution < -0.4 is 5.32 Å². The van der Waals surface area contributed by atoms with Gasteiger partial charge in [0.25, 0.3) is 0 Å². The Labute approximate surface area is 112 Å². The van der Waals surface area contributed by atoms with Gasteiger partial charge in [-0.15, -0.1) is 0 Å². The molecule has 0 amide bonds. The molecule has 0 radical (unpaired) electrons. The van der Waals surface area contributed by atoms with Gasteiger partial charge in [0, 0.05) is 24.7 Å². The zero-order valence-electron chi connectivity index (χ0n) is 10.5. The highest BCUT2D eigenvalue weighted by molar-refractivity contribution is 6.31. The quantitative estimate of drug-likeness (QED) is 0.902. The van der Waals surface area contributed by atoms with Crippen molar-refractivity contribution in [2.75, 3.05) is 11.9 Å². The first kappa shape index (κ1) is 12.2. The molecule has 1 N–H and O–H groups in total. The molecule has 4 heteroatoms. The van der Waals surface area contributed by atoms with Crippen LogP contribution in [-0.4, -0.2) is 29.6 Å². The van der Waals surface area contributed by atoms with Gasteiger partial charge in [-0.2, -0.15) is 0 Å². The summed E-state index contributed by atoms with van der Waals surface area (Å²) >= 11 is 5.79.